The molecule has 0 aromatic heterocycles. The molecule has 0 bridgehead atoms. The fourth-order valence-corrected chi connectivity index (χ4v) is 1.73. The highest BCUT2D eigenvalue weighted by atomic mass is 19.2. The molecule has 0 aliphatic carbocycles. The second-order valence-corrected chi connectivity index (χ2v) is 4.21. The summed E-state index contributed by atoms with van der Waals surface area (Å²) in [7, 11) is 0. The van der Waals surface area contributed by atoms with Crippen LogP contribution in [0.3, 0.4) is 0 Å². The smallest absolute Gasteiger partial charge is 0.169 e. The molecule has 1 aliphatic rings. The minimum absolute atomic E-state index is 0.130. The van der Waals surface area contributed by atoms with Crippen molar-refractivity contribution in [3.8, 4) is 0 Å². The van der Waals surface area contributed by atoms with Gasteiger partial charge in [0.1, 0.15) is 0 Å². The van der Waals surface area contributed by atoms with E-state index in [1.807, 2.05) is 0 Å². The molecule has 86 valence electrons. The average molecular weight is 225 g/mol. The van der Waals surface area contributed by atoms with Gasteiger partial charge in [-0.15, -0.1) is 0 Å². The van der Waals surface area contributed by atoms with Crippen LogP contribution in [0.15, 0.2) is 12.1 Å². The molecule has 0 spiro atoms. The quantitative estimate of drug-likeness (QED) is 0.798. The lowest BCUT2D eigenvalue weighted by Gasteiger charge is -2.26. The normalized spacial score (nSPS) is 15.9. The van der Waals surface area contributed by atoms with Crippen LogP contribution in [0.2, 0.25) is 0 Å². The Kier molecular flexibility index (Phi) is 3.01. The first-order chi connectivity index (χ1) is 7.59. The number of carbonyl (C=O) groups excluding carboxylic acids is 1. The SMILES string of the molecule is Cc1ccc(C(=O)CC2CNC2)c(F)c1F. The number of benzene rings is 1. The molecule has 0 atom stereocenters. The van der Waals surface area contributed by atoms with Gasteiger partial charge in [0.05, 0.1) is 5.56 Å². The maximum absolute atomic E-state index is 13.5. The molecule has 0 unspecified atom stereocenters. The molecule has 2 nitrogen and oxygen atoms in total. The zero-order valence-electron chi connectivity index (χ0n) is 9.02. The molecule has 0 amide bonds. The van der Waals surface area contributed by atoms with Gasteiger partial charge < -0.3 is 5.32 Å². The number of nitrogens with one attached hydrogen (secondary N) is 1. The van der Waals surface area contributed by atoms with E-state index in [0.29, 0.717) is 0 Å². The Balaban J connectivity index is 2.19. The first-order valence-corrected chi connectivity index (χ1v) is 5.28. The van der Waals surface area contributed by atoms with Crippen molar-refractivity contribution in [3.05, 3.63) is 34.9 Å². The molecular weight excluding hydrogens is 212 g/mol. The van der Waals surface area contributed by atoms with E-state index < -0.39 is 11.6 Å². The zero-order chi connectivity index (χ0) is 11.7. The summed E-state index contributed by atoms with van der Waals surface area (Å²) in [4.78, 5) is 11.7. The molecule has 4 heteroatoms. The molecule has 1 N–H and O–H groups in total. The average Bonchev–Trinajstić information content (AvgIpc) is 2.20. The number of aryl methyl sites for hydroxylation is 1. The van der Waals surface area contributed by atoms with Crippen molar-refractivity contribution in [1.82, 2.24) is 5.32 Å². The maximum atomic E-state index is 13.5. The Labute approximate surface area is 92.7 Å². The second-order valence-electron chi connectivity index (χ2n) is 4.21. The molecule has 1 aliphatic heterocycles. The Morgan fingerprint density at radius 1 is 1.38 bits per heavy atom. The molecule has 16 heavy (non-hydrogen) atoms. The van der Waals surface area contributed by atoms with Crippen molar-refractivity contribution in [2.45, 2.75) is 13.3 Å². The molecule has 1 saturated heterocycles. The highest BCUT2D eigenvalue weighted by Crippen LogP contribution is 2.19. The largest absolute Gasteiger partial charge is 0.316 e. The summed E-state index contributed by atoms with van der Waals surface area (Å²) in [6.07, 6.45) is 0.284. The minimum atomic E-state index is -1.02. The summed E-state index contributed by atoms with van der Waals surface area (Å²) in [6.45, 7) is 3.03. The van der Waals surface area contributed by atoms with E-state index >= 15 is 0 Å². The zero-order valence-corrected chi connectivity index (χ0v) is 9.02. The molecule has 1 fully saturated rings. The van der Waals surface area contributed by atoms with Crippen molar-refractivity contribution < 1.29 is 13.6 Å². The van der Waals surface area contributed by atoms with E-state index in [9.17, 15) is 13.6 Å². The molecule has 1 aromatic rings. The Hall–Kier alpha value is -1.29. The van der Waals surface area contributed by atoms with Crippen molar-refractivity contribution >= 4 is 5.78 Å². The number of hydrogen-bond acceptors (Lipinski definition) is 2. The van der Waals surface area contributed by atoms with Crippen LogP contribution in [0.1, 0.15) is 22.3 Å². The summed E-state index contributed by atoms with van der Waals surface area (Å²) >= 11 is 0. The van der Waals surface area contributed by atoms with E-state index in [-0.39, 0.29) is 29.2 Å². The standard InChI is InChI=1S/C12H13F2NO/c1-7-2-3-9(12(14)11(7)13)10(16)4-8-5-15-6-8/h2-3,8,15H,4-6H2,1H3. The number of carbonyl (C=O) groups is 1. The third-order valence-corrected chi connectivity index (χ3v) is 2.92. The number of rotatable bonds is 3. The van der Waals surface area contributed by atoms with Gasteiger partial charge in [-0.1, -0.05) is 6.07 Å². The third-order valence-electron chi connectivity index (χ3n) is 2.92. The van der Waals surface area contributed by atoms with Crippen molar-refractivity contribution in [2.24, 2.45) is 5.92 Å². The van der Waals surface area contributed by atoms with Crippen LogP contribution in [0.25, 0.3) is 0 Å². The van der Waals surface area contributed by atoms with E-state index in [4.69, 9.17) is 0 Å². The lowest BCUT2D eigenvalue weighted by molar-refractivity contribution is 0.0940. The van der Waals surface area contributed by atoms with Gasteiger partial charge >= 0.3 is 0 Å². The summed E-state index contributed by atoms with van der Waals surface area (Å²) in [5.41, 5.74) is 0.0920. The lowest BCUT2D eigenvalue weighted by atomic mass is 9.93. The Morgan fingerprint density at radius 3 is 2.62 bits per heavy atom. The van der Waals surface area contributed by atoms with Crippen LogP contribution in [-0.4, -0.2) is 18.9 Å². The number of halogens is 2. The first kappa shape index (κ1) is 11.2. The minimum Gasteiger partial charge on any atom is -0.316 e. The Morgan fingerprint density at radius 2 is 2.06 bits per heavy atom. The van der Waals surface area contributed by atoms with Gasteiger partial charge in [0.2, 0.25) is 0 Å². The predicted molar refractivity (Wildman–Crippen MR) is 56.4 cm³/mol. The molecule has 0 saturated carbocycles. The van der Waals surface area contributed by atoms with Gasteiger partial charge in [0.25, 0.3) is 0 Å². The summed E-state index contributed by atoms with van der Waals surface area (Å²) in [5, 5.41) is 3.03. The van der Waals surface area contributed by atoms with Gasteiger partial charge in [-0.25, -0.2) is 8.78 Å². The summed E-state index contributed by atoms with van der Waals surface area (Å²) in [6, 6.07) is 2.80. The van der Waals surface area contributed by atoms with Crippen molar-refractivity contribution in [3.63, 3.8) is 0 Å². The van der Waals surface area contributed by atoms with E-state index in [0.717, 1.165) is 13.1 Å². The Bertz CT molecular complexity index is 427. The molecule has 2 rings (SSSR count). The van der Waals surface area contributed by atoms with Gasteiger partial charge in [-0.2, -0.15) is 0 Å². The van der Waals surface area contributed by atoms with E-state index in [1.54, 1.807) is 0 Å². The van der Waals surface area contributed by atoms with Gasteiger partial charge in [0.15, 0.2) is 17.4 Å². The van der Waals surface area contributed by atoms with Crippen molar-refractivity contribution in [1.29, 1.82) is 0 Å². The number of Topliss-reactive ketones (excluding diaryl/α,β-unsaturated/α-hetero) is 1. The van der Waals surface area contributed by atoms with Crippen LogP contribution in [0.4, 0.5) is 8.78 Å². The van der Waals surface area contributed by atoms with E-state index in [1.165, 1.54) is 19.1 Å². The number of hydrogen-bond donors (Lipinski definition) is 1. The molecule has 0 radical (unpaired) electrons. The molecule has 1 aromatic carbocycles. The van der Waals surface area contributed by atoms with E-state index in [2.05, 4.69) is 5.32 Å². The maximum Gasteiger partial charge on any atom is 0.169 e. The van der Waals surface area contributed by atoms with Gasteiger partial charge in [-0.3, -0.25) is 4.79 Å². The second kappa shape index (κ2) is 4.29. The molecule has 1 heterocycles. The highest BCUT2D eigenvalue weighted by molar-refractivity contribution is 5.96. The number of ketones is 1. The highest BCUT2D eigenvalue weighted by Gasteiger charge is 2.23. The summed E-state index contributed by atoms with van der Waals surface area (Å²) in [5.74, 6) is -1.99. The van der Waals surface area contributed by atoms with Crippen LogP contribution in [0.5, 0.6) is 0 Å². The van der Waals surface area contributed by atoms with Gasteiger partial charge in [0, 0.05) is 6.42 Å². The van der Waals surface area contributed by atoms with Crippen LogP contribution < -0.4 is 5.32 Å². The van der Waals surface area contributed by atoms with Crippen LogP contribution in [-0.2, 0) is 0 Å². The monoisotopic (exact) mass is 225 g/mol. The lowest BCUT2D eigenvalue weighted by Crippen LogP contribution is -2.43. The molecular formula is C12H13F2NO. The first-order valence-electron chi connectivity index (χ1n) is 5.28. The topological polar surface area (TPSA) is 29.1 Å². The third kappa shape index (κ3) is 1.97. The van der Waals surface area contributed by atoms with Crippen LogP contribution in [0, 0.1) is 24.5 Å². The van der Waals surface area contributed by atoms with Crippen molar-refractivity contribution in [2.75, 3.05) is 13.1 Å². The van der Waals surface area contributed by atoms with Gasteiger partial charge in [-0.05, 0) is 37.6 Å². The summed E-state index contributed by atoms with van der Waals surface area (Å²) < 4.78 is 26.7. The fourth-order valence-electron chi connectivity index (χ4n) is 1.73. The predicted octanol–water partition coefficient (Wildman–Crippen LogP) is 2.07. The fraction of sp³-hybridized carbons (Fsp3) is 0.417. The van der Waals surface area contributed by atoms with Crippen LogP contribution >= 0.6 is 0 Å².